The van der Waals surface area contributed by atoms with Crippen molar-refractivity contribution in [3.8, 4) is 5.75 Å². The van der Waals surface area contributed by atoms with Crippen molar-refractivity contribution in [1.29, 1.82) is 0 Å². The van der Waals surface area contributed by atoms with Crippen LogP contribution in [0.4, 0.5) is 10.8 Å². The average Bonchev–Trinajstić information content (AvgIpc) is 3.20. The van der Waals surface area contributed by atoms with Crippen LogP contribution in [-0.2, 0) is 10.2 Å². The molecule has 0 aliphatic carbocycles. The van der Waals surface area contributed by atoms with E-state index >= 15 is 0 Å². The molecule has 0 radical (unpaired) electrons. The minimum Gasteiger partial charge on any atom is -0.492 e. The van der Waals surface area contributed by atoms with E-state index in [1.54, 1.807) is 18.2 Å². The van der Waals surface area contributed by atoms with Gasteiger partial charge in [-0.25, -0.2) is 0 Å². The summed E-state index contributed by atoms with van der Waals surface area (Å²) < 4.78 is 6.11. The van der Waals surface area contributed by atoms with Gasteiger partial charge >= 0.3 is 0 Å². The highest BCUT2D eigenvalue weighted by atomic mass is 32.2. The predicted molar refractivity (Wildman–Crippen MR) is 130 cm³/mol. The molecule has 0 aliphatic rings. The number of anilines is 2. The lowest BCUT2D eigenvalue weighted by molar-refractivity contribution is -0.113. The fraction of sp³-hybridized carbons (Fsp3) is 0.304. The van der Waals surface area contributed by atoms with Gasteiger partial charge in [0.2, 0.25) is 11.0 Å². The Bertz CT molecular complexity index is 1080. The smallest absolute Gasteiger partial charge is 0.257 e. The molecule has 0 atom stereocenters. The van der Waals surface area contributed by atoms with Crippen LogP contribution in [0.15, 0.2) is 52.9 Å². The Morgan fingerprint density at radius 1 is 1.03 bits per heavy atom. The Morgan fingerprint density at radius 2 is 1.75 bits per heavy atom. The Hall–Kier alpha value is -2.91. The lowest BCUT2D eigenvalue weighted by Gasteiger charge is -2.18. The third kappa shape index (κ3) is 6.54. The van der Waals surface area contributed by atoms with E-state index in [9.17, 15) is 9.59 Å². The number of ether oxygens (including phenoxy) is 1. The molecule has 0 bridgehead atoms. The second-order valence-electron chi connectivity index (χ2n) is 7.92. The Labute approximate surface area is 196 Å². The number of nitrogens with one attached hydrogen (secondary N) is 2. The Kier molecular flexibility index (Phi) is 7.87. The number of benzene rings is 2. The molecule has 0 saturated carbocycles. The van der Waals surface area contributed by atoms with Crippen LogP contribution in [0.1, 0.15) is 43.6 Å². The number of aromatic nitrogens is 2. The molecular formula is C23H26N4O3S2. The van der Waals surface area contributed by atoms with Crippen LogP contribution >= 0.6 is 23.1 Å². The first-order valence-electron chi connectivity index (χ1n) is 10.2. The maximum Gasteiger partial charge on any atom is 0.257 e. The topological polar surface area (TPSA) is 93.2 Å². The molecule has 9 heteroatoms. The first-order chi connectivity index (χ1) is 15.3. The van der Waals surface area contributed by atoms with Gasteiger partial charge in [-0.2, -0.15) is 0 Å². The van der Waals surface area contributed by atoms with Crippen LogP contribution in [0.5, 0.6) is 5.75 Å². The number of thioether (sulfide) groups is 1. The van der Waals surface area contributed by atoms with Gasteiger partial charge in [0.15, 0.2) is 4.34 Å². The molecule has 0 saturated heterocycles. The van der Waals surface area contributed by atoms with Crippen molar-refractivity contribution in [2.24, 2.45) is 0 Å². The highest BCUT2D eigenvalue weighted by molar-refractivity contribution is 8.01. The summed E-state index contributed by atoms with van der Waals surface area (Å²) in [6.45, 7) is 8.78. The molecule has 7 nitrogen and oxygen atoms in total. The molecule has 1 aromatic heterocycles. The summed E-state index contributed by atoms with van der Waals surface area (Å²) in [6, 6.07) is 14.8. The zero-order chi connectivity index (χ0) is 23.1. The molecule has 3 rings (SSSR count). The molecule has 2 amide bonds. The average molecular weight is 471 g/mol. The Balaban J connectivity index is 1.52. The van der Waals surface area contributed by atoms with Gasteiger partial charge in [-0.3, -0.25) is 14.9 Å². The van der Waals surface area contributed by atoms with Crippen molar-refractivity contribution >= 4 is 45.7 Å². The summed E-state index contributed by atoms with van der Waals surface area (Å²) in [6.07, 6.45) is 0. The van der Waals surface area contributed by atoms with Gasteiger partial charge in [-0.15, -0.1) is 10.2 Å². The van der Waals surface area contributed by atoms with E-state index < -0.39 is 0 Å². The Morgan fingerprint density at radius 3 is 2.44 bits per heavy atom. The normalized spacial score (nSPS) is 11.1. The van der Waals surface area contributed by atoms with Crippen molar-refractivity contribution in [1.82, 2.24) is 10.2 Å². The summed E-state index contributed by atoms with van der Waals surface area (Å²) in [5.74, 6) is 0.368. The van der Waals surface area contributed by atoms with E-state index in [2.05, 4.69) is 41.6 Å². The van der Waals surface area contributed by atoms with Gasteiger partial charge in [0.05, 0.1) is 18.0 Å². The number of nitrogens with zero attached hydrogens (tertiary/aromatic N) is 2. The fourth-order valence-electron chi connectivity index (χ4n) is 2.77. The third-order valence-electron chi connectivity index (χ3n) is 4.43. The number of rotatable bonds is 8. The van der Waals surface area contributed by atoms with E-state index in [4.69, 9.17) is 4.74 Å². The van der Waals surface area contributed by atoms with Crippen LogP contribution in [0.25, 0.3) is 0 Å². The lowest BCUT2D eigenvalue weighted by atomic mass is 9.87. The zero-order valence-electron chi connectivity index (χ0n) is 18.5. The van der Waals surface area contributed by atoms with Crippen molar-refractivity contribution in [2.45, 2.75) is 37.4 Å². The quantitative estimate of drug-likeness (QED) is 0.346. The maximum absolute atomic E-state index is 12.5. The molecule has 0 unspecified atom stereocenters. The monoisotopic (exact) mass is 470 g/mol. The molecule has 0 fully saturated rings. The number of hydrogen-bond donors (Lipinski definition) is 2. The van der Waals surface area contributed by atoms with E-state index in [1.807, 2.05) is 37.3 Å². The van der Waals surface area contributed by atoms with Crippen molar-refractivity contribution in [2.75, 3.05) is 23.0 Å². The minimum atomic E-state index is -0.247. The standard InChI is InChI=1S/C23H26N4O3S2/c1-5-30-18-9-7-6-8-17(18)24-19(28)14-31-22-27-26-21(32-22)25-20(29)15-10-12-16(13-11-15)23(2,3)4/h6-13H,5,14H2,1-4H3,(H,24,28)(H,25,26,29). The van der Waals surface area contributed by atoms with Crippen LogP contribution < -0.4 is 15.4 Å². The largest absolute Gasteiger partial charge is 0.492 e. The second kappa shape index (κ2) is 10.6. The van der Waals surface area contributed by atoms with Crippen molar-refractivity contribution in [3.63, 3.8) is 0 Å². The van der Waals surface area contributed by atoms with Gasteiger partial charge in [-0.05, 0) is 42.2 Å². The number of carbonyl (C=O) groups excluding carboxylic acids is 2. The molecule has 2 aromatic carbocycles. The summed E-state index contributed by atoms with van der Waals surface area (Å²) in [4.78, 5) is 24.8. The van der Waals surface area contributed by atoms with Crippen molar-refractivity contribution < 1.29 is 14.3 Å². The van der Waals surface area contributed by atoms with Crippen LogP contribution in [-0.4, -0.2) is 34.4 Å². The molecule has 3 aromatic rings. The molecule has 0 aliphatic heterocycles. The van der Waals surface area contributed by atoms with E-state index in [-0.39, 0.29) is 23.0 Å². The maximum atomic E-state index is 12.5. The first kappa shape index (κ1) is 23.7. The molecule has 168 valence electrons. The van der Waals surface area contributed by atoms with E-state index in [0.717, 1.165) is 5.56 Å². The molecule has 0 spiro atoms. The van der Waals surface area contributed by atoms with Crippen LogP contribution in [0, 0.1) is 0 Å². The van der Waals surface area contributed by atoms with Gasteiger partial charge in [0.1, 0.15) is 5.75 Å². The number of para-hydroxylation sites is 2. The summed E-state index contributed by atoms with van der Waals surface area (Å²) in [7, 11) is 0. The molecular weight excluding hydrogens is 444 g/mol. The van der Waals surface area contributed by atoms with Gasteiger partial charge in [0.25, 0.3) is 5.91 Å². The predicted octanol–water partition coefficient (Wildman–Crippen LogP) is 5.22. The minimum absolute atomic E-state index is 0.0255. The summed E-state index contributed by atoms with van der Waals surface area (Å²) in [5.41, 5.74) is 2.36. The van der Waals surface area contributed by atoms with Gasteiger partial charge in [0, 0.05) is 5.56 Å². The molecule has 1 heterocycles. The van der Waals surface area contributed by atoms with E-state index in [0.29, 0.717) is 33.1 Å². The lowest BCUT2D eigenvalue weighted by Crippen LogP contribution is -2.14. The highest BCUT2D eigenvalue weighted by Gasteiger charge is 2.16. The van der Waals surface area contributed by atoms with Gasteiger partial charge in [-0.1, -0.05) is 68.1 Å². The van der Waals surface area contributed by atoms with Crippen LogP contribution in [0.2, 0.25) is 0 Å². The highest BCUT2D eigenvalue weighted by Crippen LogP contribution is 2.28. The summed E-state index contributed by atoms with van der Waals surface area (Å²) >= 11 is 2.48. The van der Waals surface area contributed by atoms with Crippen molar-refractivity contribution in [3.05, 3.63) is 59.7 Å². The summed E-state index contributed by atoms with van der Waals surface area (Å²) in [5, 5.41) is 14.0. The fourth-order valence-corrected chi connectivity index (χ4v) is 4.32. The second-order valence-corrected chi connectivity index (χ2v) is 10.1. The SMILES string of the molecule is CCOc1ccccc1NC(=O)CSc1nnc(NC(=O)c2ccc(C(C)(C)C)cc2)s1. The molecule has 2 N–H and O–H groups in total. The third-order valence-corrected chi connectivity index (χ3v) is 6.40. The van der Waals surface area contributed by atoms with Gasteiger partial charge < -0.3 is 10.1 Å². The zero-order valence-corrected chi connectivity index (χ0v) is 20.1. The molecule has 32 heavy (non-hydrogen) atoms. The number of amides is 2. The number of carbonyl (C=O) groups is 2. The first-order valence-corrected chi connectivity index (χ1v) is 12.0. The number of hydrogen-bond acceptors (Lipinski definition) is 7. The van der Waals surface area contributed by atoms with E-state index in [1.165, 1.54) is 23.1 Å². The van der Waals surface area contributed by atoms with Crippen LogP contribution in [0.3, 0.4) is 0 Å².